The minimum absolute atomic E-state index is 0.0946. The standard InChI is InChI=1S/C24H26BrNO3/c1-23(16-28-23)15-24(19-5-3-2-4-6-19)13-14-26(22(27)29-24)21(17-7-8-17)18-9-11-20(25)12-10-18/h2-6,9-12,17,21H,7-8,13-16H2,1H3/t21-,23-,24?/m0/s1. The number of halogens is 1. The summed E-state index contributed by atoms with van der Waals surface area (Å²) in [6, 6.07) is 18.6. The van der Waals surface area contributed by atoms with Crippen molar-refractivity contribution < 1.29 is 14.3 Å². The van der Waals surface area contributed by atoms with Crippen LogP contribution < -0.4 is 0 Å². The van der Waals surface area contributed by atoms with E-state index >= 15 is 0 Å². The molecule has 5 rings (SSSR count). The first-order valence-corrected chi connectivity index (χ1v) is 11.2. The van der Waals surface area contributed by atoms with E-state index in [1.54, 1.807) is 0 Å². The molecular formula is C24H26BrNO3. The zero-order chi connectivity index (χ0) is 20.1. The van der Waals surface area contributed by atoms with Crippen molar-refractivity contribution in [1.82, 2.24) is 4.90 Å². The van der Waals surface area contributed by atoms with Crippen LogP contribution in [0.1, 0.15) is 49.8 Å². The number of hydrogen-bond donors (Lipinski definition) is 0. The predicted molar refractivity (Wildman–Crippen MR) is 115 cm³/mol. The smallest absolute Gasteiger partial charge is 0.411 e. The van der Waals surface area contributed by atoms with E-state index in [0.29, 0.717) is 18.9 Å². The van der Waals surface area contributed by atoms with Crippen LogP contribution in [0.5, 0.6) is 0 Å². The Balaban J connectivity index is 1.43. The third kappa shape index (κ3) is 3.82. The lowest BCUT2D eigenvalue weighted by molar-refractivity contribution is -0.0780. The van der Waals surface area contributed by atoms with E-state index in [4.69, 9.17) is 9.47 Å². The highest BCUT2D eigenvalue weighted by Gasteiger charge is 2.53. The molecule has 5 heteroatoms. The molecule has 1 aliphatic carbocycles. The van der Waals surface area contributed by atoms with Gasteiger partial charge in [0.05, 0.1) is 18.2 Å². The molecule has 29 heavy (non-hydrogen) atoms. The summed E-state index contributed by atoms with van der Waals surface area (Å²) in [7, 11) is 0. The molecule has 2 heterocycles. The maximum atomic E-state index is 13.4. The van der Waals surface area contributed by atoms with Crippen molar-refractivity contribution in [1.29, 1.82) is 0 Å². The van der Waals surface area contributed by atoms with E-state index in [1.165, 1.54) is 18.4 Å². The summed E-state index contributed by atoms with van der Waals surface area (Å²) >= 11 is 3.51. The number of rotatable bonds is 6. The number of ether oxygens (including phenoxy) is 2. The first kappa shape index (κ1) is 19.1. The van der Waals surface area contributed by atoms with Crippen LogP contribution >= 0.6 is 15.9 Å². The lowest BCUT2D eigenvalue weighted by atomic mass is 9.81. The van der Waals surface area contributed by atoms with E-state index in [1.807, 2.05) is 23.1 Å². The number of carbonyl (C=O) groups is 1. The van der Waals surface area contributed by atoms with Crippen LogP contribution in [0.15, 0.2) is 59.1 Å². The summed E-state index contributed by atoms with van der Waals surface area (Å²) in [5, 5.41) is 0. The molecule has 2 saturated heterocycles. The number of amides is 1. The molecule has 0 N–H and O–H groups in total. The van der Waals surface area contributed by atoms with Crippen molar-refractivity contribution in [3.8, 4) is 0 Å². The van der Waals surface area contributed by atoms with E-state index < -0.39 is 5.60 Å². The Hall–Kier alpha value is -1.85. The minimum Gasteiger partial charge on any atom is -0.438 e. The largest absolute Gasteiger partial charge is 0.438 e. The summed E-state index contributed by atoms with van der Waals surface area (Å²) in [5.74, 6) is 0.525. The molecule has 3 atom stereocenters. The molecule has 0 aromatic heterocycles. The average Bonchev–Trinajstić information content (AvgIpc) is 3.65. The minimum atomic E-state index is -0.617. The van der Waals surface area contributed by atoms with Crippen molar-refractivity contribution in [2.24, 2.45) is 5.92 Å². The third-order valence-corrected chi connectivity index (χ3v) is 7.01. The van der Waals surface area contributed by atoms with Crippen LogP contribution in [-0.2, 0) is 15.1 Å². The molecule has 152 valence electrons. The highest BCUT2D eigenvalue weighted by atomic mass is 79.9. The van der Waals surface area contributed by atoms with Crippen LogP contribution in [0.25, 0.3) is 0 Å². The normalized spacial score (nSPS) is 30.0. The van der Waals surface area contributed by atoms with Gasteiger partial charge in [-0.3, -0.25) is 0 Å². The van der Waals surface area contributed by atoms with E-state index in [9.17, 15) is 4.79 Å². The Morgan fingerprint density at radius 3 is 2.41 bits per heavy atom. The highest BCUT2D eigenvalue weighted by molar-refractivity contribution is 9.10. The summed E-state index contributed by atoms with van der Waals surface area (Å²) in [4.78, 5) is 15.3. The second kappa shape index (κ2) is 7.13. The first-order valence-electron chi connectivity index (χ1n) is 10.4. The summed E-state index contributed by atoms with van der Waals surface area (Å²) in [5.41, 5.74) is 1.45. The maximum Gasteiger partial charge on any atom is 0.411 e. The van der Waals surface area contributed by atoms with Crippen molar-refractivity contribution in [3.63, 3.8) is 0 Å². The van der Waals surface area contributed by atoms with E-state index in [0.717, 1.165) is 23.1 Å². The van der Waals surface area contributed by atoms with Gasteiger partial charge in [0, 0.05) is 23.9 Å². The SMILES string of the molecule is C[C@]1(CC2(c3ccccc3)CCN([C@H](c3ccc(Br)cc3)C3CC3)C(=O)O2)CO1. The first-order chi connectivity index (χ1) is 14.0. The van der Waals surface area contributed by atoms with Crippen LogP contribution in [0.4, 0.5) is 4.79 Å². The molecule has 3 aliphatic rings. The Labute approximate surface area is 180 Å². The number of benzene rings is 2. The van der Waals surface area contributed by atoms with Crippen molar-refractivity contribution in [2.45, 2.75) is 49.9 Å². The zero-order valence-corrected chi connectivity index (χ0v) is 18.2. The van der Waals surface area contributed by atoms with Gasteiger partial charge >= 0.3 is 6.09 Å². The maximum absolute atomic E-state index is 13.4. The van der Waals surface area contributed by atoms with E-state index in [2.05, 4.69) is 59.3 Å². The van der Waals surface area contributed by atoms with Gasteiger partial charge in [0.15, 0.2) is 0 Å². The number of cyclic esters (lactones) is 1. The van der Waals surface area contributed by atoms with Gasteiger partial charge in [-0.1, -0.05) is 58.4 Å². The molecule has 0 bridgehead atoms. The Morgan fingerprint density at radius 1 is 1.14 bits per heavy atom. The second-order valence-corrected chi connectivity index (χ2v) is 9.84. The molecule has 0 spiro atoms. The fourth-order valence-electron chi connectivity index (χ4n) is 4.70. The average molecular weight is 456 g/mol. The topological polar surface area (TPSA) is 42.1 Å². The Bertz CT molecular complexity index is 892. The molecule has 2 aliphatic heterocycles. The van der Waals surface area contributed by atoms with Gasteiger partial charge in [0.25, 0.3) is 0 Å². The van der Waals surface area contributed by atoms with Crippen LogP contribution in [0.2, 0.25) is 0 Å². The summed E-state index contributed by atoms with van der Waals surface area (Å²) in [6.45, 7) is 3.53. The van der Waals surface area contributed by atoms with Gasteiger partial charge in [-0.25, -0.2) is 4.79 Å². The van der Waals surface area contributed by atoms with Crippen LogP contribution in [-0.4, -0.2) is 29.7 Å². The molecule has 4 nitrogen and oxygen atoms in total. The van der Waals surface area contributed by atoms with Gasteiger partial charge in [-0.2, -0.15) is 0 Å². The fraction of sp³-hybridized carbons (Fsp3) is 0.458. The Morgan fingerprint density at radius 2 is 1.83 bits per heavy atom. The summed E-state index contributed by atoms with van der Waals surface area (Å²) < 4.78 is 13.0. The van der Waals surface area contributed by atoms with Crippen LogP contribution in [0, 0.1) is 5.92 Å². The van der Waals surface area contributed by atoms with Gasteiger partial charge in [0.1, 0.15) is 5.60 Å². The molecule has 2 aromatic rings. The summed E-state index contributed by atoms with van der Waals surface area (Å²) in [6.07, 6.45) is 3.61. The molecule has 3 fully saturated rings. The highest BCUT2D eigenvalue weighted by Crippen LogP contribution is 2.50. The van der Waals surface area contributed by atoms with Gasteiger partial charge < -0.3 is 14.4 Å². The number of nitrogens with zero attached hydrogens (tertiary/aromatic N) is 1. The molecule has 0 radical (unpaired) electrons. The number of carbonyl (C=O) groups excluding carboxylic acids is 1. The molecular weight excluding hydrogens is 430 g/mol. The number of epoxide rings is 1. The molecule has 1 amide bonds. The van der Waals surface area contributed by atoms with Crippen molar-refractivity contribution in [3.05, 3.63) is 70.2 Å². The lowest BCUT2D eigenvalue weighted by Gasteiger charge is -2.45. The van der Waals surface area contributed by atoms with Gasteiger partial charge in [-0.05, 0) is 48.9 Å². The van der Waals surface area contributed by atoms with Gasteiger partial charge in [0.2, 0.25) is 0 Å². The quantitative estimate of drug-likeness (QED) is 0.515. The molecule has 2 aromatic carbocycles. The van der Waals surface area contributed by atoms with Crippen molar-refractivity contribution >= 4 is 22.0 Å². The predicted octanol–water partition coefficient (Wildman–Crippen LogP) is 5.82. The Kier molecular flexibility index (Phi) is 4.71. The third-order valence-electron chi connectivity index (χ3n) is 6.49. The fourth-order valence-corrected chi connectivity index (χ4v) is 4.97. The van der Waals surface area contributed by atoms with Crippen LogP contribution in [0.3, 0.4) is 0 Å². The molecule has 1 unspecified atom stereocenters. The van der Waals surface area contributed by atoms with Crippen molar-refractivity contribution in [2.75, 3.05) is 13.2 Å². The van der Waals surface area contributed by atoms with E-state index in [-0.39, 0.29) is 17.7 Å². The van der Waals surface area contributed by atoms with Gasteiger partial charge in [-0.15, -0.1) is 0 Å². The second-order valence-electron chi connectivity index (χ2n) is 8.92. The monoisotopic (exact) mass is 455 g/mol. The zero-order valence-electron chi connectivity index (χ0n) is 16.6. The number of hydrogen-bond acceptors (Lipinski definition) is 3. The lowest BCUT2D eigenvalue weighted by Crippen LogP contribution is -2.51. The molecule has 1 saturated carbocycles.